The predicted molar refractivity (Wildman–Crippen MR) is 44.0 cm³/mol. The van der Waals surface area contributed by atoms with Crippen LogP contribution >= 0.6 is 0 Å². The van der Waals surface area contributed by atoms with Crippen LogP contribution in [-0.4, -0.2) is 18.2 Å². The first-order valence-electron chi connectivity index (χ1n) is 3.88. The summed E-state index contributed by atoms with van der Waals surface area (Å²) in [5.41, 5.74) is 5.69. The average Bonchev–Trinajstić information content (AvgIpc) is 1.85. The summed E-state index contributed by atoms with van der Waals surface area (Å²) in [6, 6.07) is 0. The van der Waals surface area contributed by atoms with Gasteiger partial charge in [0.2, 0.25) is 0 Å². The number of rotatable bonds is 4. The number of nitrogens with two attached hydrogens (primary N) is 1. The molecule has 0 saturated carbocycles. The molecule has 0 spiro atoms. The van der Waals surface area contributed by atoms with Crippen molar-refractivity contribution in [2.45, 2.75) is 45.8 Å². The van der Waals surface area contributed by atoms with Gasteiger partial charge in [-0.3, -0.25) is 0 Å². The SMILES string of the molecule is CCC(C)(N)COC(C)C. The summed E-state index contributed by atoms with van der Waals surface area (Å²) in [5, 5.41) is 0. The minimum Gasteiger partial charge on any atom is -0.377 e. The normalized spacial score (nSPS) is 17.4. The first kappa shape index (κ1) is 9.92. The molecule has 0 radical (unpaired) electrons. The molecule has 62 valence electrons. The Morgan fingerprint density at radius 2 is 2.00 bits per heavy atom. The van der Waals surface area contributed by atoms with Crippen LogP contribution < -0.4 is 5.73 Å². The Balaban J connectivity index is 3.46. The summed E-state index contributed by atoms with van der Waals surface area (Å²) < 4.78 is 5.37. The molecule has 0 bridgehead atoms. The average molecular weight is 145 g/mol. The third-order valence-electron chi connectivity index (χ3n) is 1.55. The van der Waals surface area contributed by atoms with Crippen LogP contribution in [0, 0.1) is 0 Å². The lowest BCUT2D eigenvalue weighted by atomic mass is 10.0. The lowest BCUT2D eigenvalue weighted by Gasteiger charge is -2.23. The summed E-state index contributed by atoms with van der Waals surface area (Å²) >= 11 is 0. The van der Waals surface area contributed by atoms with Gasteiger partial charge in [0.25, 0.3) is 0 Å². The van der Waals surface area contributed by atoms with E-state index in [0.717, 1.165) is 6.42 Å². The standard InChI is InChI=1S/C8H19NO/c1-5-8(4,9)6-10-7(2)3/h7H,5-6,9H2,1-4H3. The van der Waals surface area contributed by atoms with Crippen molar-refractivity contribution in [2.75, 3.05) is 6.61 Å². The van der Waals surface area contributed by atoms with Crippen LogP contribution in [0.2, 0.25) is 0 Å². The molecule has 10 heavy (non-hydrogen) atoms. The van der Waals surface area contributed by atoms with Crippen molar-refractivity contribution in [3.63, 3.8) is 0 Å². The van der Waals surface area contributed by atoms with Crippen LogP contribution in [0.5, 0.6) is 0 Å². The van der Waals surface area contributed by atoms with E-state index in [1.54, 1.807) is 0 Å². The van der Waals surface area contributed by atoms with Crippen LogP contribution in [0.3, 0.4) is 0 Å². The Labute approximate surface area is 63.7 Å². The van der Waals surface area contributed by atoms with Crippen LogP contribution in [0.4, 0.5) is 0 Å². The minimum atomic E-state index is -0.149. The Hall–Kier alpha value is -0.0800. The highest BCUT2D eigenvalue weighted by Gasteiger charge is 2.15. The van der Waals surface area contributed by atoms with Gasteiger partial charge in [0.15, 0.2) is 0 Å². The van der Waals surface area contributed by atoms with E-state index in [0.29, 0.717) is 6.61 Å². The van der Waals surface area contributed by atoms with Gasteiger partial charge in [-0.25, -0.2) is 0 Å². The second-order valence-corrected chi connectivity index (χ2v) is 3.37. The van der Waals surface area contributed by atoms with E-state index in [2.05, 4.69) is 6.92 Å². The summed E-state index contributed by atoms with van der Waals surface area (Å²) in [4.78, 5) is 0. The molecule has 0 aliphatic carbocycles. The first-order chi connectivity index (χ1) is 4.48. The van der Waals surface area contributed by atoms with Gasteiger partial charge in [0.05, 0.1) is 12.7 Å². The summed E-state index contributed by atoms with van der Waals surface area (Å²) in [6.45, 7) is 8.78. The van der Waals surface area contributed by atoms with E-state index >= 15 is 0 Å². The summed E-state index contributed by atoms with van der Waals surface area (Å²) in [5.74, 6) is 0. The van der Waals surface area contributed by atoms with Crippen LogP contribution in [0.1, 0.15) is 34.1 Å². The van der Waals surface area contributed by atoms with Gasteiger partial charge in [-0.2, -0.15) is 0 Å². The molecule has 0 amide bonds. The zero-order valence-electron chi connectivity index (χ0n) is 7.48. The molecule has 0 aromatic heterocycles. The van der Waals surface area contributed by atoms with Crippen LogP contribution in [0.25, 0.3) is 0 Å². The highest BCUT2D eigenvalue weighted by atomic mass is 16.5. The molecular weight excluding hydrogens is 126 g/mol. The molecule has 0 aliphatic heterocycles. The zero-order valence-corrected chi connectivity index (χ0v) is 7.48. The number of hydrogen-bond donors (Lipinski definition) is 1. The Kier molecular flexibility index (Phi) is 3.91. The monoisotopic (exact) mass is 145 g/mol. The molecule has 0 heterocycles. The first-order valence-corrected chi connectivity index (χ1v) is 3.88. The van der Waals surface area contributed by atoms with E-state index < -0.39 is 0 Å². The maximum atomic E-state index is 5.84. The molecule has 2 heteroatoms. The predicted octanol–water partition coefficient (Wildman–Crippen LogP) is 1.54. The topological polar surface area (TPSA) is 35.2 Å². The van der Waals surface area contributed by atoms with Crippen molar-refractivity contribution < 1.29 is 4.74 Å². The number of ether oxygens (including phenoxy) is 1. The Morgan fingerprint density at radius 3 is 2.30 bits per heavy atom. The van der Waals surface area contributed by atoms with Gasteiger partial charge in [-0.05, 0) is 27.2 Å². The van der Waals surface area contributed by atoms with E-state index in [1.807, 2.05) is 20.8 Å². The Bertz CT molecular complexity index is 89.3. The zero-order chi connectivity index (χ0) is 8.20. The molecule has 1 atom stereocenters. The highest BCUT2D eigenvalue weighted by Crippen LogP contribution is 2.05. The fourth-order valence-electron chi connectivity index (χ4n) is 0.459. The van der Waals surface area contributed by atoms with Gasteiger partial charge in [-0.15, -0.1) is 0 Å². The van der Waals surface area contributed by atoms with E-state index in [1.165, 1.54) is 0 Å². The smallest absolute Gasteiger partial charge is 0.0646 e. The lowest BCUT2D eigenvalue weighted by molar-refractivity contribution is 0.0438. The highest BCUT2D eigenvalue weighted by molar-refractivity contribution is 4.75. The maximum absolute atomic E-state index is 5.84. The number of hydrogen-bond acceptors (Lipinski definition) is 2. The maximum Gasteiger partial charge on any atom is 0.0646 e. The third kappa shape index (κ3) is 4.77. The molecule has 2 N–H and O–H groups in total. The van der Waals surface area contributed by atoms with Gasteiger partial charge in [0.1, 0.15) is 0 Å². The molecule has 2 nitrogen and oxygen atoms in total. The van der Waals surface area contributed by atoms with E-state index in [9.17, 15) is 0 Å². The van der Waals surface area contributed by atoms with Gasteiger partial charge < -0.3 is 10.5 Å². The molecule has 0 aromatic rings. The van der Waals surface area contributed by atoms with Crippen LogP contribution in [0.15, 0.2) is 0 Å². The quantitative estimate of drug-likeness (QED) is 0.651. The molecule has 0 fully saturated rings. The van der Waals surface area contributed by atoms with Gasteiger partial charge in [0, 0.05) is 5.54 Å². The van der Waals surface area contributed by atoms with Crippen LogP contribution in [-0.2, 0) is 4.74 Å². The Morgan fingerprint density at radius 1 is 1.50 bits per heavy atom. The summed E-state index contributed by atoms with van der Waals surface area (Å²) in [7, 11) is 0. The lowest BCUT2D eigenvalue weighted by Crippen LogP contribution is -2.41. The van der Waals surface area contributed by atoms with Crippen molar-refractivity contribution >= 4 is 0 Å². The third-order valence-corrected chi connectivity index (χ3v) is 1.55. The molecule has 0 saturated heterocycles. The molecule has 1 unspecified atom stereocenters. The van der Waals surface area contributed by atoms with E-state index in [4.69, 9.17) is 10.5 Å². The molecule has 0 aromatic carbocycles. The largest absolute Gasteiger partial charge is 0.377 e. The summed E-state index contributed by atoms with van der Waals surface area (Å²) in [6.07, 6.45) is 1.24. The fraction of sp³-hybridized carbons (Fsp3) is 1.00. The van der Waals surface area contributed by atoms with Crippen molar-refractivity contribution in [1.82, 2.24) is 0 Å². The second-order valence-electron chi connectivity index (χ2n) is 3.37. The molecule has 0 aliphatic rings. The fourth-order valence-corrected chi connectivity index (χ4v) is 0.459. The van der Waals surface area contributed by atoms with Crippen molar-refractivity contribution in [2.24, 2.45) is 5.73 Å². The van der Waals surface area contributed by atoms with Gasteiger partial charge in [-0.1, -0.05) is 6.92 Å². The minimum absolute atomic E-state index is 0.149. The van der Waals surface area contributed by atoms with Crippen molar-refractivity contribution in [1.29, 1.82) is 0 Å². The molecule has 0 rings (SSSR count). The van der Waals surface area contributed by atoms with Crippen molar-refractivity contribution in [3.05, 3.63) is 0 Å². The van der Waals surface area contributed by atoms with E-state index in [-0.39, 0.29) is 11.6 Å². The van der Waals surface area contributed by atoms with Gasteiger partial charge >= 0.3 is 0 Å². The molecular formula is C8H19NO. The second kappa shape index (κ2) is 3.94. The van der Waals surface area contributed by atoms with Crippen molar-refractivity contribution in [3.8, 4) is 0 Å².